The summed E-state index contributed by atoms with van der Waals surface area (Å²) in [6.45, 7) is 0. The van der Waals surface area contributed by atoms with Crippen LogP contribution in [0.15, 0.2) is 54.6 Å². The highest BCUT2D eigenvalue weighted by Gasteiger charge is 2.19. The molecule has 0 aromatic heterocycles. The molecule has 2 rings (SSSR count). The van der Waals surface area contributed by atoms with Crippen molar-refractivity contribution in [1.82, 2.24) is 4.72 Å². The summed E-state index contributed by atoms with van der Waals surface area (Å²) < 4.78 is 25.6. The van der Waals surface area contributed by atoms with Crippen LogP contribution in [0.1, 0.15) is 18.0 Å². The Morgan fingerprint density at radius 3 is 2.26 bits per heavy atom. The summed E-state index contributed by atoms with van der Waals surface area (Å²) in [5.74, 6) is -0.285. The normalized spacial score (nSPS) is 12.6. The predicted molar refractivity (Wildman–Crippen MR) is 91.9 cm³/mol. The fourth-order valence-electron chi connectivity index (χ4n) is 2.10. The van der Waals surface area contributed by atoms with Crippen molar-refractivity contribution in [3.05, 3.63) is 65.2 Å². The first-order valence-electron chi connectivity index (χ1n) is 6.91. The van der Waals surface area contributed by atoms with Gasteiger partial charge >= 0.3 is 0 Å². The van der Waals surface area contributed by atoms with Gasteiger partial charge < -0.3 is 5.32 Å². The zero-order valence-corrected chi connectivity index (χ0v) is 14.1. The van der Waals surface area contributed by atoms with Crippen LogP contribution < -0.4 is 10.0 Å². The van der Waals surface area contributed by atoms with Crippen molar-refractivity contribution in [3.63, 3.8) is 0 Å². The third kappa shape index (κ3) is 6.02. The first-order chi connectivity index (χ1) is 10.8. The molecule has 122 valence electrons. The average Bonchev–Trinajstić information content (AvgIpc) is 2.47. The average molecular weight is 353 g/mol. The number of para-hydroxylation sites is 1. The van der Waals surface area contributed by atoms with E-state index in [1.807, 2.05) is 6.07 Å². The summed E-state index contributed by atoms with van der Waals surface area (Å²) in [5.41, 5.74) is 1.33. The molecule has 7 heteroatoms. The molecule has 0 aliphatic carbocycles. The van der Waals surface area contributed by atoms with E-state index in [9.17, 15) is 13.2 Å². The van der Waals surface area contributed by atoms with Crippen LogP contribution in [-0.4, -0.2) is 20.6 Å². The number of anilines is 1. The highest BCUT2D eigenvalue weighted by Crippen LogP contribution is 2.21. The van der Waals surface area contributed by atoms with Gasteiger partial charge in [0.25, 0.3) is 0 Å². The number of amides is 1. The Morgan fingerprint density at radius 1 is 1.09 bits per heavy atom. The lowest BCUT2D eigenvalue weighted by atomic mass is 10.0. The number of carbonyl (C=O) groups excluding carboxylic acids is 1. The van der Waals surface area contributed by atoms with Gasteiger partial charge in [0.2, 0.25) is 15.9 Å². The third-order valence-electron chi connectivity index (χ3n) is 3.08. The number of sulfonamides is 1. The monoisotopic (exact) mass is 352 g/mol. The highest BCUT2D eigenvalue weighted by molar-refractivity contribution is 7.88. The number of rotatable bonds is 6. The van der Waals surface area contributed by atoms with Gasteiger partial charge in [-0.05, 0) is 29.8 Å². The zero-order chi connectivity index (χ0) is 16.9. The van der Waals surface area contributed by atoms with E-state index in [-0.39, 0.29) is 12.3 Å². The van der Waals surface area contributed by atoms with Crippen LogP contribution in [-0.2, 0) is 14.8 Å². The van der Waals surface area contributed by atoms with E-state index in [1.54, 1.807) is 48.5 Å². The molecule has 0 aliphatic rings. The first kappa shape index (κ1) is 17.5. The van der Waals surface area contributed by atoms with Gasteiger partial charge in [-0.15, -0.1) is 0 Å². The second-order valence-electron chi connectivity index (χ2n) is 5.11. The molecule has 0 saturated carbocycles. The van der Waals surface area contributed by atoms with Crippen LogP contribution in [0.4, 0.5) is 5.69 Å². The Morgan fingerprint density at radius 2 is 1.70 bits per heavy atom. The number of carbonyl (C=O) groups is 1. The lowest BCUT2D eigenvalue weighted by Crippen LogP contribution is -2.30. The van der Waals surface area contributed by atoms with Crippen LogP contribution in [0.25, 0.3) is 0 Å². The third-order valence-corrected chi connectivity index (χ3v) is 4.04. The van der Waals surface area contributed by atoms with Gasteiger partial charge in [0.1, 0.15) is 0 Å². The molecule has 2 aromatic carbocycles. The Kier molecular flexibility index (Phi) is 5.76. The van der Waals surface area contributed by atoms with Crippen molar-refractivity contribution in [2.24, 2.45) is 0 Å². The molecule has 0 spiro atoms. The van der Waals surface area contributed by atoms with Gasteiger partial charge in [0.05, 0.1) is 12.3 Å². The molecule has 0 heterocycles. The summed E-state index contributed by atoms with van der Waals surface area (Å²) in [6, 6.07) is 15.0. The number of nitrogens with one attached hydrogen (secondary N) is 2. The molecule has 0 fully saturated rings. The van der Waals surface area contributed by atoms with Crippen LogP contribution in [0.3, 0.4) is 0 Å². The summed E-state index contributed by atoms with van der Waals surface area (Å²) in [4.78, 5) is 12.2. The molecule has 0 saturated heterocycles. The first-order valence-corrected chi connectivity index (χ1v) is 9.18. The van der Waals surface area contributed by atoms with Gasteiger partial charge in [-0.3, -0.25) is 4.79 Å². The van der Waals surface area contributed by atoms with Gasteiger partial charge in [-0.25, -0.2) is 13.1 Å². The van der Waals surface area contributed by atoms with Crippen LogP contribution in [0.5, 0.6) is 0 Å². The molecule has 1 atom stereocenters. The fraction of sp³-hybridized carbons (Fsp3) is 0.188. The van der Waals surface area contributed by atoms with E-state index >= 15 is 0 Å². The van der Waals surface area contributed by atoms with E-state index in [1.165, 1.54) is 0 Å². The van der Waals surface area contributed by atoms with Crippen molar-refractivity contribution in [1.29, 1.82) is 0 Å². The lowest BCUT2D eigenvalue weighted by Gasteiger charge is -2.18. The Hall–Kier alpha value is -1.89. The molecule has 2 N–H and O–H groups in total. The second-order valence-corrected chi connectivity index (χ2v) is 7.33. The van der Waals surface area contributed by atoms with Gasteiger partial charge in [-0.2, -0.15) is 0 Å². The van der Waals surface area contributed by atoms with Gasteiger partial charge in [0, 0.05) is 17.1 Å². The Labute approximate surface area is 140 Å². The molecule has 0 aliphatic heterocycles. The lowest BCUT2D eigenvalue weighted by molar-refractivity contribution is -0.116. The standard InChI is InChI=1S/C16H17ClN2O3S/c1-23(21,22)19-15(12-7-9-13(17)10-8-12)11-16(20)18-14-5-3-2-4-6-14/h2-10,15,19H,11H2,1H3,(H,18,20)/t15-/m1/s1. The van der Waals surface area contributed by atoms with Gasteiger partial charge in [-0.1, -0.05) is 41.9 Å². The van der Waals surface area contributed by atoms with E-state index in [0.29, 0.717) is 16.3 Å². The maximum Gasteiger partial charge on any atom is 0.226 e. The topological polar surface area (TPSA) is 75.3 Å². The van der Waals surface area contributed by atoms with Crippen LogP contribution >= 0.6 is 11.6 Å². The van der Waals surface area contributed by atoms with E-state index in [4.69, 9.17) is 11.6 Å². The fourth-order valence-corrected chi connectivity index (χ4v) is 2.96. The van der Waals surface area contributed by atoms with Crippen LogP contribution in [0, 0.1) is 0 Å². The maximum absolute atomic E-state index is 12.2. The number of hydrogen-bond donors (Lipinski definition) is 2. The van der Waals surface area contributed by atoms with Crippen LogP contribution in [0.2, 0.25) is 5.02 Å². The van der Waals surface area contributed by atoms with Crippen molar-refractivity contribution >= 4 is 33.2 Å². The highest BCUT2D eigenvalue weighted by atomic mass is 35.5. The maximum atomic E-state index is 12.2. The molecule has 0 unspecified atom stereocenters. The van der Waals surface area contributed by atoms with Gasteiger partial charge in [0.15, 0.2) is 0 Å². The van der Waals surface area contributed by atoms with E-state index in [0.717, 1.165) is 6.26 Å². The minimum atomic E-state index is -3.46. The number of hydrogen-bond acceptors (Lipinski definition) is 3. The predicted octanol–water partition coefficient (Wildman–Crippen LogP) is 2.96. The van der Waals surface area contributed by atoms with E-state index in [2.05, 4.69) is 10.0 Å². The number of halogens is 1. The molecule has 0 bridgehead atoms. The summed E-state index contributed by atoms with van der Waals surface area (Å²) >= 11 is 5.84. The number of benzene rings is 2. The summed E-state index contributed by atoms with van der Waals surface area (Å²) in [7, 11) is -3.46. The molecule has 1 amide bonds. The zero-order valence-electron chi connectivity index (χ0n) is 12.5. The minimum absolute atomic E-state index is 0.0242. The molecule has 2 aromatic rings. The SMILES string of the molecule is CS(=O)(=O)N[C@H](CC(=O)Nc1ccccc1)c1ccc(Cl)cc1. The van der Waals surface area contributed by atoms with Crippen molar-refractivity contribution in [3.8, 4) is 0 Å². The van der Waals surface area contributed by atoms with Crippen molar-refractivity contribution in [2.45, 2.75) is 12.5 Å². The minimum Gasteiger partial charge on any atom is -0.326 e. The molecule has 0 radical (unpaired) electrons. The van der Waals surface area contributed by atoms with Crippen molar-refractivity contribution in [2.75, 3.05) is 11.6 Å². The molecule has 5 nitrogen and oxygen atoms in total. The quantitative estimate of drug-likeness (QED) is 0.839. The Bertz CT molecular complexity index is 762. The summed E-state index contributed by atoms with van der Waals surface area (Å²) in [6.07, 6.45) is 1.04. The largest absolute Gasteiger partial charge is 0.326 e. The second kappa shape index (κ2) is 7.59. The molecule has 23 heavy (non-hydrogen) atoms. The summed E-state index contributed by atoms with van der Waals surface area (Å²) in [5, 5.41) is 3.28. The van der Waals surface area contributed by atoms with E-state index < -0.39 is 16.1 Å². The smallest absolute Gasteiger partial charge is 0.226 e. The molecular formula is C16H17ClN2O3S. The Balaban J connectivity index is 2.14. The molecular weight excluding hydrogens is 336 g/mol. The van der Waals surface area contributed by atoms with Crippen molar-refractivity contribution < 1.29 is 13.2 Å².